The Labute approximate surface area is 103 Å². The van der Waals surface area contributed by atoms with E-state index in [4.69, 9.17) is 14.3 Å². The lowest BCUT2D eigenvalue weighted by Crippen LogP contribution is -2.17. The van der Waals surface area contributed by atoms with Gasteiger partial charge in [-0.3, -0.25) is 4.84 Å². The molecular weight excluding hydrogens is 218 g/mol. The van der Waals surface area contributed by atoms with E-state index in [1.165, 1.54) is 0 Å². The number of nitrogens with one attached hydrogen (secondary N) is 1. The van der Waals surface area contributed by atoms with Crippen LogP contribution in [0.2, 0.25) is 0 Å². The Hall–Kier alpha value is -1.10. The molecule has 0 aliphatic rings. The van der Waals surface area contributed by atoms with Crippen molar-refractivity contribution >= 4 is 0 Å². The Morgan fingerprint density at radius 2 is 2.06 bits per heavy atom. The first-order valence-electron chi connectivity index (χ1n) is 5.81. The van der Waals surface area contributed by atoms with Crippen molar-refractivity contribution in [2.24, 2.45) is 0 Å². The van der Waals surface area contributed by atoms with Crippen LogP contribution >= 0.6 is 0 Å². The second kappa shape index (κ2) is 8.06. The van der Waals surface area contributed by atoms with E-state index in [-0.39, 0.29) is 6.10 Å². The fourth-order valence-corrected chi connectivity index (χ4v) is 1.33. The largest absolute Gasteiger partial charge is 0.491 e. The molecule has 1 rings (SSSR count). The summed E-state index contributed by atoms with van der Waals surface area (Å²) in [7, 11) is 1.65. The van der Waals surface area contributed by atoms with Gasteiger partial charge in [0, 0.05) is 13.7 Å². The van der Waals surface area contributed by atoms with Crippen LogP contribution in [0.25, 0.3) is 0 Å². The van der Waals surface area contributed by atoms with Gasteiger partial charge in [-0.15, -0.1) is 0 Å². The van der Waals surface area contributed by atoms with Crippen molar-refractivity contribution < 1.29 is 14.3 Å². The van der Waals surface area contributed by atoms with Crippen LogP contribution < -0.4 is 10.2 Å². The topological polar surface area (TPSA) is 39.7 Å². The predicted molar refractivity (Wildman–Crippen MR) is 66.9 cm³/mol. The van der Waals surface area contributed by atoms with E-state index in [1.807, 2.05) is 38.1 Å². The quantitative estimate of drug-likeness (QED) is 0.557. The number of methoxy groups -OCH3 is 1. The molecule has 0 saturated carbocycles. The molecular formula is C13H21NO3. The molecule has 0 spiro atoms. The molecule has 0 aliphatic heterocycles. The van der Waals surface area contributed by atoms with Gasteiger partial charge in [-0.2, -0.15) is 5.48 Å². The molecule has 0 unspecified atom stereocenters. The fraction of sp³-hybridized carbons (Fsp3) is 0.538. The third kappa shape index (κ3) is 6.26. The summed E-state index contributed by atoms with van der Waals surface area (Å²) < 4.78 is 10.5. The maximum absolute atomic E-state index is 5.61. The van der Waals surface area contributed by atoms with Gasteiger partial charge in [-0.1, -0.05) is 12.1 Å². The van der Waals surface area contributed by atoms with Crippen LogP contribution in [0.1, 0.15) is 19.4 Å². The molecule has 4 heteroatoms. The predicted octanol–water partition coefficient (Wildman–Crippen LogP) is 2.14. The first-order chi connectivity index (χ1) is 8.22. The molecule has 1 aromatic carbocycles. The number of hydroxylamine groups is 1. The summed E-state index contributed by atoms with van der Waals surface area (Å²) in [5.41, 5.74) is 4.01. The Bertz CT molecular complexity index is 315. The van der Waals surface area contributed by atoms with Gasteiger partial charge in [0.2, 0.25) is 0 Å². The summed E-state index contributed by atoms with van der Waals surface area (Å²) in [5.74, 6) is 0.885. The summed E-state index contributed by atoms with van der Waals surface area (Å²) in [4.78, 5) is 5.18. The molecule has 0 atom stereocenters. The van der Waals surface area contributed by atoms with Crippen molar-refractivity contribution in [3.05, 3.63) is 29.8 Å². The minimum Gasteiger partial charge on any atom is -0.491 e. The Morgan fingerprint density at radius 1 is 1.24 bits per heavy atom. The Kier molecular flexibility index (Phi) is 6.62. The maximum atomic E-state index is 5.61. The van der Waals surface area contributed by atoms with Crippen molar-refractivity contribution in [2.75, 3.05) is 20.3 Å². The standard InChI is InChI=1S/C13H21NO3/c1-11(2)17-13-6-4-5-12(9-13)10-14-16-8-7-15-3/h4-6,9,11,14H,7-8,10H2,1-3H3. The van der Waals surface area contributed by atoms with E-state index in [2.05, 4.69) is 5.48 Å². The number of hydrogen-bond donors (Lipinski definition) is 1. The number of ether oxygens (including phenoxy) is 2. The monoisotopic (exact) mass is 239 g/mol. The zero-order chi connectivity index (χ0) is 12.5. The molecule has 1 N–H and O–H groups in total. The van der Waals surface area contributed by atoms with Gasteiger partial charge in [0.15, 0.2) is 0 Å². The number of rotatable bonds is 8. The van der Waals surface area contributed by atoms with Crippen molar-refractivity contribution in [1.29, 1.82) is 0 Å². The van der Waals surface area contributed by atoms with Crippen LogP contribution in [0.5, 0.6) is 5.75 Å². The molecule has 96 valence electrons. The molecule has 0 aromatic heterocycles. The molecule has 0 radical (unpaired) electrons. The van der Waals surface area contributed by atoms with Gasteiger partial charge in [-0.25, -0.2) is 0 Å². The van der Waals surface area contributed by atoms with Crippen LogP contribution in [0, 0.1) is 0 Å². The van der Waals surface area contributed by atoms with E-state index in [0.29, 0.717) is 19.8 Å². The van der Waals surface area contributed by atoms with E-state index >= 15 is 0 Å². The second-order valence-electron chi connectivity index (χ2n) is 3.98. The van der Waals surface area contributed by atoms with E-state index in [0.717, 1.165) is 11.3 Å². The molecule has 0 fully saturated rings. The molecule has 0 saturated heterocycles. The van der Waals surface area contributed by atoms with Crippen molar-refractivity contribution in [1.82, 2.24) is 5.48 Å². The highest BCUT2D eigenvalue weighted by Gasteiger charge is 1.99. The SMILES string of the molecule is COCCONCc1cccc(OC(C)C)c1. The highest BCUT2D eigenvalue weighted by atomic mass is 16.7. The maximum Gasteiger partial charge on any atom is 0.120 e. The average Bonchev–Trinajstić information content (AvgIpc) is 2.28. The summed E-state index contributed by atoms with van der Waals surface area (Å²) in [6.45, 7) is 5.80. The van der Waals surface area contributed by atoms with Crippen molar-refractivity contribution in [2.45, 2.75) is 26.5 Å². The zero-order valence-electron chi connectivity index (χ0n) is 10.7. The highest BCUT2D eigenvalue weighted by Crippen LogP contribution is 2.14. The lowest BCUT2D eigenvalue weighted by molar-refractivity contribution is 0.00344. The molecule has 1 aromatic rings. The average molecular weight is 239 g/mol. The normalized spacial score (nSPS) is 10.8. The third-order valence-corrected chi connectivity index (χ3v) is 2.04. The van der Waals surface area contributed by atoms with Gasteiger partial charge in [0.25, 0.3) is 0 Å². The minimum atomic E-state index is 0.191. The summed E-state index contributed by atoms with van der Waals surface area (Å²) in [6, 6.07) is 7.96. The van der Waals surface area contributed by atoms with Crippen LogP contribution in [-0.2, 0) is 16.1 Å². The van der Waals surface area contributed by atoms with Crippen molar-refractivity contribution in [3.63, 3.8) is 0 Å². The molecule has 17 heavy (non-hydrogen) atoms. The van der Waals surface area contributed by atoms with Gasteiger partial charge in [-0.05, 0) is 31.5 Å². The Morgan fingerprint density at radius 3 is 2.76 bits per heavy atom. The smallest absolute Gasteiger partial charge is 0.120 e. The van der Waals surface area contributed by atoms with Crippen LogP contribution in [-0.4, -0.2) is 26.4 Å². The Balaban J connectivity index is 2.32. The van der Waals surface area contributed by atoms with Crippen LogP contribution in [0.15, 0.2) is 24.3 Å². The second-order valence-corrected chi connectivity index (χ2v) is 3.98. The van der Waals surface area contributed by atoms with Crippen LogP contribution in [0.3, 0.4) is 0 Å². The van der Waals surface area contributed by atoms with Gasteiger partial charge in [0.05, 0.1) is 19.3 Å². The number of hydrogen-bond acceptors (Lipinski definition) is 4. The first-order valence-corrected chi connectivity index (χ1v) is 5.81. The number of benzene rings is 1. The summed E-state index contributed by atoms with van der Waals surface area (Å²) in [5, 5.41) is 0. The highest BCUT2D eigenvalue weighted by molar-refractivity contribution is 5.28. The molecule has 0 aliphatic carbocycles. The van der Waals surface area contributed by atoms with E-state index in [9.17, 15) is 0 Å². The van der Waals surface area contributed by atoms with Gasteiger partial charge in [0.1, 0.15) is 5.75 Å². The van der Waals surface area contributed by atoms with Crippen LogP contribution in [0.4, 0.5) is 0 Å². The van der Waals surface area contributed by atoms with Gasteiger partial charge < -0.3 is 9.47 Å². The molecule has 4 nitrogen and oxygen atoms in total. The first kappa shape index (κ1) is 14.0. The van der Waals surface area contributed by atoms with Gasteiger partial charge >= 0.3 is 0 Å². The van der Waals surface area contributed by atoms with E-state index < -0.39 is 0 Å². The van der Waals surface area contributed by atoms with E-state index in [1.54, 1.807) is 7.11 Å². The molecule has 0 amide bonds. The van der Waals surface area contributed by atoms with Crippen molar-refractivity contribution in [3.8, 4) is 5.75 Å². The lowest BCUT2D eigenvalue weighted by atomic mass is 10.2. The zero-order valence-corrected chi connectivity index (χ0v) is 10.7. The minimum absolute atomic E-state index is 0.191. The molecule has 0 heterocycles. The molecule has 0 bridgehead atoms. The lowest BCUT2D eigenvalue weighted by Gasteiger charge is -2.11. The fourth-order valence-electron chi connectivity index (χ4n) is 1.33. The summed E-state index contributed by atoms with van der Waals surface area (Å²) in [6.07, 6.45) is 0.191. The summed E-state index contributed by atoms with van der Waals surface area (Å²) >= 11 is 0. The third-order valence-electron chi connectivity index (χ3n) is 2.04.